The molecule has 0 spiro atoms. The molecular formula is C15H27NO. The van der Waals surface area contributed by atoms with Gasteiger partial charge in [-0.1, -0.05) is 11.6 Å². The van der Waals surface area contributed by atoms with Crippen LogP contribution in [0, 0.1) is 0 Å². The number of hydrogen-bond acceptors (Lipinski definition) is 2. The van der Waals surface area contributed by atoms with Gasteiger partial charge in [0.15, 0.2) is 0 Å². The molecule has 0 bridgehead atoms. The van der Waals surface area contributed by atoms with Gasteiger partial charge in [-0.3, -0.25) is 0 Å². The van der Waals surface area contributed by atoms with E-state index in [-0.39, 0.29) is 0 Å². The van der Waals surface area contributed by atoms with Crippen LogP contribution in [0.5, 0.6) is 0 Å². The SMILES string of the molecule is C1=C(CCNCCCC2CCCO2)CCCC1. The van der Waals surface area contributed by atoms with Gasteiger partial charge in [-0.25, -0.2) is 0 Å². The second-order valence-corrected chi connectivity index (χ2v) is 5.39. The molecule has 2 rings (SSSR count). The van der Waals surface area contributed by atoms with Gasteiger partial charge < -0.3 is 10.1 Å². The highest BCUT2D eigenvalue weighted by Crippen LogP contribution is 2.19. The van der Waals surface area contributed by atoms with Gasteiger partial charge in [0.25, 0.3) is 0 Å². The lowest BCUT2D eigenvalue weighted by atomic mass is 9.97. The molecule has 0 saturated carbocycles. The molecule has 98 valence electrons. The average Bonchev–Trinajstić information content (AvgIpc) is 2.88. The third-order valence-corrected chi connectivity index (χ3v) is 3.91. The minimum absolute atomic E-state index is 0.567. The maximum atomic E-state index is 5.62. The molecule has 2 aliphatic rings. The van der Waals surface area contributed by atoms with Crippen LogP contribution >= 0.6 is 0 Å². The molecule has 1 heterocycles. The first-order valence-corrected chi connectivity index (χ1v) is 7.45. The van der Waals surface area contributed by atoms with Crippen LogP contribution in [0.2, 0.25) is 0 Å². The molecule has 2 heteroatoms. The zero-order valence-corrected chi connectivity index (χ0v) is 11.0. The van der Waals surface area contributed by atoms with Crippen molar-refractivity contribution in [3.05, 3.63) is 11.6 Å². The second-order valence-electron chi connectivity index (χ2n) is 5.39. The molecule has 2 nitrogen and oxygen atoms in total. The lowest BCUT2D eigenvalue weighted by Gasteiger charge is -2.13. The van der Waals surface area contributed by atoms with Crippen LogP contribution in [0.3, 0.4) is 0 Å². The summed E-state index contributed by atoms with van der Waals surface area (Å²) >= 11 is 0. The third-order valence-electron chi connectivity index (χ3n) is 3.91. The van der Waals surface area contributed by atoms with Crippen LogP contribution in [0.4, 0.5) is 0 Å². The second kappa shape index (κ2) is 7.88. The number of allylic oxidation sites excluding steroid dienone is 1. The van der Waals surface area contributed by atoms with E-state index >= 15 is 0 Å². The monoisotopic (exact) mass is 237 g/mol. The Bertz CT molecular complexity index is 231. The van der Waals surface area contributed by atoms with Crippen LogP contribution < -0.4 is 5.32 Å². The third kappa shape index (κ3) is 5.22. The van der Waals surface area contributed by atoms with Crippen molar-refractivity contribution in [1.82, 2.24) is 5.32 Å². The molecule has 0 radical (unpaired) electrons. The van der Waals surface area contributed by atoms with E-state index in [0.717, 1.165) is 19.7 Å². The minimum Gasteiger partial charge on any atom is -0.378 e. The highest BCUT2D eigenvalue weighted by molar-refractivity contribution is 5.05. The number of ether oxygens (including phenoxy) is 1. The van der Waals surface area contributed by atoms with Crippen LogP contribution in [-0.4, -0.2) is 25.8 Å². The molecule has 1 unspecified atom stereocenters. The summed E-state index contributed by atoms with van der Waals surface area (Å²) in [5.74, 6) is 0. The molecule has 1 aliphatic carbocycles. The fourth-order valence-corrected chi connectivity index (χ4v) is 2.83. The summed E-state index contributed by atoms with van der Waals surface area (Å²) < 4.78 is 5.62. The van der Waals surface area contributed by atoms with Crippen molar-refractivity contribution in [3.8, 4) is 0 Å². The fraction of sp³-hybridized carbons (Fsp3) is 0.867. The Kier molecular flexibility index (Phi) is 6.08. The Morgan fingerprint density at radius 1 is 1.24 bits per heavy atom. The molecule has 0 amide bonds. The smallest absolute Gasteiger partial charge is 0.0576 e. The molecule has 1 fully saturated rings. The van der Waals surface area contributed by atoms with E-state index in [9.17, 15) is 0 Å². The highest BCUT2D eigenvalue weighted by atomic mass is 16.5. The van der Waals surface area contributed by atoms with Gasteiger partial charge in [-0.2, -0.15) is 0 Å². The topological polar surface area (TPSA) is 21.3 Å². The van der Waals surface area contributed by atoms with Gasteiger partial charge in [-0.05, 0) is 70.9 Å². The summed E-state index contributed by atoms with van der Waals surface area (Å²) in [5.41, 5.74) is 1.68. The van der Waals surface area contributed by atoms with E-state index in [2.05, 4.69) is 11.4 Å². The molecule has 17 heavy (non-hydrogen) atoms. The van der Waals surface area contributed by atoms with Crippen molar-refractivity contribution in [2.45, 2.75) is 63.9 Å². The van der Waals surface area contributed by atoms with E-state index in [1.54, 1.807) is 5.57 Å². The van der Waals surface area contributed by atoms with Crippen molar-refractivity contribution >= 4 is 0 Å². The summed E-state index contributed by atoms with van der Waals surface area (Å²) in [7, 11) is 0. The molecule has 0 aromatic rings. The van der Waals surface area contributed by atoms with Crippen molar-refractivity contribution in [2.24, 2.45) is 0 Å². The molecule has 0 aromatic carbocycles. The Labute approximate surface area is 106 Å². The summed E-state index contributed by atoms with van der Waals surface area (Å²) in [6.45, 7) is 3.32. The first-order valence-electron chi connectivity index (χ1n) is 7.45. The van der Waals surface area contributed by atoms with Crippen molar-refractivity contribution in [3.63, 3.8) is 0 Å². The maximum absolute atomic E-state index is 5.62. The van der Waals surface area contributed by atoms with E-state index in [1.807, 2.05) is 0 Å². The maximum Gasteiger partial charge on any atom is 0.0576 e. The van der Waals surface area contributed by atoms with Gasteiger partial charge >= 0.3 is 0 Å². The first kappa shape index (κ1) is 13.1. The van der Waals surface area contributed by atoms with E-state index < -0.39 is 0 Å². The van der Waals surface area contributed by atoms with E-state index in [4.69, 9.17) is 4.74 Å². The summed E-state index contributed by atoms with van der Waals surface area (Å²) in [5, 5.41) is 3.56. The first-order chi connectivity index (χ1) is 8.45. The normalized spacial score (nSPS) is 24.9. The van der Waals surface area contributed by atoms with E-state index in [1.165, 1.54) is 57.8 Å². The lowest BCUT2D eigenvalue weighted by Crippen LogP contribution is -2.19. The Balaban J connectivity index is 1.42. The Morgan fingerprint density at radius 3 is 3.00 bits per heavy atom. The van der Waals surface area contributed by atoms with Gasteiger partial charge in [-0.15, -0.1) is 0 Å². The van der Waals surface area contributed by atoms with Gasteiger partial charge in [0.1, 0.15) is 0 Å². The predicted molar refractivity (Wildman–Crippen MR) is 72.2 cm³/mol. The predicted octanol–water partition coefficient (Wildman–Crippen LogP) is 3.43. The summed E-state index contributed by atoms with van der Waals surface area (Å²) in [4.78, 5) is 0. The molecule has 1 N–H and O–H groups in total. The zero-order valence-electron chi connectivity index (χ0n) is 11.0. The van der Waals surface area contributed by atoms with Crippen LogP contribution in [0.1, 0.15) is 57.8 Å². The van der Waals surface area contributed by atoms with Gasteiger partial charge in [0, 0.05) is 6.61 Å². The fourth-order valence-electron chi connectivity index (χ4n) is 2.83. The molecule has 0 aromatic heterocycles. The average molecular weight is 237 g/mol. The van der Waals surface area contributed by atoms with E-state index in [0.29, 0.717) is 6.10 Å². The molecule has 1 atom stereocenters. The largest absolute Gasteiger partial charge is 0.378 e. The quantitative estimate of drug-likeness (QED) is 0.541. The van der Waals surface area contributed by atoms with Crippen LogP contribution in [0.25, 0.3) is 0 Å². The lowest BCUT2D eigenvalue weighted by molar-refractivity contribution is 0.102. The molecule has 1 aliphatic heterocycles. The molecular weight excluding hydrogens is 210 g/mol. The summed E-state index contributed by atoms with van der Waals surface area (Å²) in [6, 6.07) is 0. The minimum atomic E-state index is 0.567. The van der Waals surface area contributed by atoms with Crippen LogP contribution in [0.15, 0.2) is 11.6 Å². The van der Waals surface area contributed by atoms with Crippen molar-refractivity contribution in [1.29, 1.82) is 0 Å². The Hall–Kier alpha value is -0.340. The highest BCUT2D eigenvalue weighted by Gasteiger charge is 2.14. The summed E-state index contributed by atoms with van der Waals surface area (Å²) in [6.07, 6.45) is 14.8. The number of rotatable bonds is 7. The van der Waals surface area contributed by atoms with Crippen molar-refractivity contribution < 1.29 is 4.74 Å². The Morgan fingerprint density at radius 2 is 2.24 bits per heavy atom. The van der Waals surface area contributed by atoms with Gasteiger partial charge in [0.05, 0.1) is 6.10 Å². The number of nitrogens with one attached hydrogen (secondary N) is 1. The molecule has 1 saturated heterocycles. The van der Waals surface area contributed by atoms with Gasteiger partial charge in [0.2, 0.25) is 0 Å². The number of hydrogen-bond donors (Lipinski definition) is 1. The standard InChI is InChI=1S/C15H27NO/c1-2-6-14(7-3-1)10-12-16-11-4-8-15-9-5-13-17-15/h6,15-16H,1-5,7-13H2. The van der Waals surface area contributed by atoms with Crippen LogP contribution in [-0.2, 0) is 4.74 Å². The van der Waals surface area contributed by atoms with Crippen molar-refractivity contribution in [2.75, 3.05) is 19.7 Å². The zero-order chi connectivity index (χ0) is 11.8.